The van der Waals surface area contributed by atoms with Crippen LogP contribution in [0.15, 0.2) is 72.8 Å². The molecular formula is C61H77BN2. The molecule has 5 aromatic rings. The lowest BCUT2D eigenvalue weighted by Crippen LogP contribution is -2.62. The summed E-state index contributed by atoms with van der Waals surface area (Å²) in [5.74, 6) is 0. The summed E-state index contributed by atoms with van der Waals surface area (Å²) in [6.45, 7) is 46.5. The number of hydrogen-bond acceptors (Lipinski definition) is 2. The van der Waals surface area contributed by atoms with E-state index in [4.69, 9.17) is 0 Å². The third kappa shape index (κ3) is 6.24. The zero-order valence-electron chi connectivity index (χ0n) is 43.2. The number of hydrogen-bond donors (Lipinski definition) is 0. The first-order valence-corrected chi connectivity index (χ1v) is 24.8. The molecule has 334 valence electrons. The minimum Gasteiger partial charge on any atom is -0.311 e. The molecular weight excluding hydrogens is 771 g/mol. The molecule has 0 saturated carbocycles. The van der Waals surface area contributed by atoms with Crippen LogP contribution in [-0.2, 0) is 43.3 Å². The van der Waals surface area contributed by atoms with E-state index in [1.807, 2.05) is 0 Å². The molecule has 3 aliphatic carbocycles. The van der Waals surface area contributed by atoms with Gasteiger partial charge in [0.15, 0.2) is 0 Å². The van der Waals surface area contributed by atoms with Crippen molar-refractivity contribution in [2.24, 2.45) is 0 Å². The van der Waals surface area contributed by atoms with Crippen molar-refractivity contribution in [2.75, 3.05) is 9.80 Å². The lowest BCUT2D eigenvalue weighted by Gasteiger charge is -2.48. The molecule has 5 aliphatic rings. The molecule has 2 aliphatic heterocycles. The quantitative estimate of drug-likeness (QED) is 0.160. The number of aryl methyl sites for hydroxylation is 1. The van der Waals surface area contributed by atoms with Crippen LogP contribution in [0.5, 0.6) is 0 Å². The Labute approximate surface area is 388 Å². The highest BCUT2D eigenvalue weighted by Gasteiger charge is 2.49. The number of nitrogens with zero attached hydrogens (tertiary/aromatic N) is 2. The smallest absolute Gasteiger partial charge is 0.252 e. The van der Waals surface area contributed by atoms with Crippen molar-refractivity contribution in [1.29, 1.82) is 0 Å². The lowest BCUT2D eigenvalue weighted by atomic mass is 9.33. The van der Waals surface area contributed by atoms with E-state index >= 15 is 0 Å². The molecule has 0 amide bonds. The summed E-state index contributed by atoms with van der Waals surface area (Å²) in [7, 11) is 0. The molecule has 2 nitrogen and oxygen atoms in total. The second kappa shape index (κ2) is 13.0. The SMILES string of the molecule is Cc1cc2c(cc1N1c3cc4c(cc3B3c5ccc(C(C)(C)C)cc5N(c5ccc6c(c5)C(C)(C)CC6(C)C)c5cc(C(C)(C)C)cc1c53)C(C)(C)CCC4(C)C)C(C)(C)CC2(C)C. The molecule has 0 atom stereocenters. The van der Waals surface area contributed by atoms with E-state index in [0.29, 0.717) is 0 Å². The van der Waals surface area contributed by atoms with Crippen molar-refractivity contribution in [3.05, 3.63) is 123 Å². The van der Waals surface area contributed by atoms with E-state index in [9.17, 15) is 0 Å². The summed E-state index contributed by atoms with van der Waals surface area (Å²) in [6, 6.07) is 30.8. The Morgan fingerprint density at radius 3 is 1.44 bits per heavy atom. The third-order valence-corrected chi connectivity index (χ3v) is 17.3. The van der Waals surface area contributed by atoms with Crippen LogP contribution in [0.2, 0.25) is 0 Å². The lowest BCUT2D eigenvalue weighted by molar-refractivity contribution is 0.332. The van der Waals surface area contributed by atoms with Crippen LogP contribution in [-0.4, -0.2) is 6.71 Å². The highest BCUT2D eigenvalue weighted by Crippen LogP contribution is 2.56. The predicted octanol–water partition coefficient (Wildman–Crippen LogP) is 14.9. The maximum absolute atomic E-state index is 2.76. The van der Waals surface area contributed by atoms with Gasteiger partial charge < -0.3 is 9.80 Å². The minimum atomic E-state index is -0.0863. The van der Waals surface area contributed by atoms with Crippen molar-refractivity contribution in [2.45, 2.75) is 201 Å². The molecule has 10 rings (SSSR count). The highest BCUT2D eigenvalue weighted by molar-refractivity contribution is 7.00. The van der Waals surface area contributed by atoms with Crippen molar-refractivity contribution >= 4 is 57.2 Å². The Hall–Kier alpha value is -4.24. The van der Waals surface area contributed by atoms with Gasteiger partial charge in [-0.05, 0) is 185 Å². The second-order valence-electron chi connectivity index (χ2n) is 27.3. The Morgan fingerprint density at radius 2 is 0.859 bits per heavy atom. The molecule has 0 radical (unpaired) electrons. The first-order valence-electron chi connectivity index (χ1n) is 24.8. The van der Waals surface area contributed by atoms with Gasteiger partial charge in [-0.1, -0.05) is 155 Å². The standard InChI is InChI=1S/C61H77BN2/c1-36-26-41-45(61(18,19)35-59(41,14)15)32-48(36)64-50-33-44-43(56(8,9)24-25-57(44,10)11)31-47(50)62-46-23-20-37(54(2,3)4)27-49(46)63(51-28-38(55(5,6)7)29-52(64)53(51)62)39-21-22-40-42(30-39)60(16,17)34-58(40,12)13/h20-23,26-33H,24-25,34-35H2,1-19H3. The van der Waals surface area contributed by atoms with Gasteiger partial charge in [-0.3, -0.25) is 0 Å². The number of benzene rings is 5. The van der Waals surface area contributed by atoms with Crippen LogP contribution in [0, 0.1) is 6.92 Å². The minimum absolute atomic E-state index is 0.00721. The first-order chi connectivity index (χ1) is 29.3. The average Bonchev–Trinajstić information content (AvgIpc) is 3.48. The van der Waals surface area contributed by atoms with Gasteiger partial charge in [0.05, 0.1) is 0 Å². The largest absolute Gasteiger partial charge is 0.311 e. The van der Waals surface area contributed by atoms with Gasteiger partial charge in [0.2, 0.25) is 0 Å². The van der Waals surface area contributed by atoms with E-state index in [1.54, 1.807) is 0 Å². The topological polar surface area (TPSA) is 6.48 Å². The summed E-state index contributed by atoms with van der Waals surface area (Å²) in [4.78, 5) is 5.46. The van der Waals surface area contributed by atoms with Gasteiger partial charge >= 0.3 is 0 Å². The van der Waals surface area contributed by atoms with Gasteiger partial charge in [0, 0.05) is 34.1 Å². The second-order valence-corrected chi connectivity index (χ2v) is 27.3. The van der Waals surface area contributed by atoms with E-state index in [0.717, 1.165) is 12.8 Å². The number of fused-ring (bicyclic) bond motifs is 7. The molecule has 0 fully saturated rings. The maximum atomic E-state index is 2.76. The fourth-order valence-electron chi connectivity index (χ4n) is 14.0. The molecule has 3 heteroatoms. The van der Waals surface area contributed by atoms with Gasteiger partial charge in [0.25, 0.3) is 6.71 Å². The molecule has 2 heterocycles. The number of anilines is 6. The van der Waals surface area contributed by atoms with E-state index in [-0.39, 0.29) is 50.0 Å². The molecule has 5 aromatic carbocycles. The fraction of sp³-hybridized carbons (Fsp3) is 0.508. The van der Waals surface area contributed by atoms with Crippen LogP contribution >= 0.6 is 0 Å². The van der Waals surface area contributed by atoms with Gasteiger partial charge in [-0.25, -0.2) is 0 Å². The van der Waals surface area contributed by atoms with Crippen LogP contribution in [0.3, 0.4) is 0 Å². The highest BCUT2D eigenvalue weighted by atomic mass is 15.2. The normalized spacial score (nSPS) is 21.1. The Bertz CT molecular complexity index is 2830. The Balaban J connectivity index is 1.36. The first kappa shape index (κ1) is 43.6. The van der Waals surface area contributed by atoms with Crippen LogP contribution in [0.25, 0.3) is 0 Å². The van der Waals surface area contributed by atoms with Crippen molar-refractivity contribution in [3.63, 3.8) is 0 Å². The third-order valence-electron chi connectivity index (χ3n) is 17.3. The van der Waals surface area contributed by atoms with Crippen molar-refractivity contribution < 1.29 is 0 Å². The monoisotopic (exact) mass is 849 g/mol. The molecule has 0 N–H and O–H groups in total. The van der Waals surface area contributed by atoms with Crippen molar-refractivity contribution in [1.82, 2.24) is 0 Å². The van der Waals surface area contributed by atoms with Gasteiger partial charge in [-0.2, -0.15) is 0 Å². The summed E-state index contributed by atoms with van der Waals surface area (Å²) in [6.07, 6.45) is 4.68. The van der Waals surface area contributed by atoms with Crippen LogP contribution in [0.1, 0.15) is 200 Å². The van der Waals surface area contributed by atoms with Crippen LogP contribution in [0.4, 0.5) is 34.1 Å². The molecule has 64 heavy (non-hydrogen) atoms. The van der Waals surface area contributed by atoms with E-state index < -0.39 is 0 Å². The van der Waals surface area contributed by atoms with E-state index in [1.165, 1.54) is 113 Å². The molecule has 0 aromatic heterocycles. The Kier molecular flexibility index (Phi) is 8.87. The Morgan fingerprint density at radius 1 is 0.406 bits per heavy atom. The maximum Gasteiger partial charge on any atom is 0.252 e. The molecule has 0 spiro atoms. The zero-order chi connectivity index (χ0) is 46.4. The molecule has 0 saturated heterocycles. The zero-order valence-corrected chi connectivity index (χ0v) is 43.2. The number of rotatable bonds is 2. The summed E-state index contributed by atoms with van der Waals surface area (Å²) < 4.78 is 0. The van der Waals surface area contributed by atoms with Gasteiger partial charge in [-0.15, -0.1) is 0 Å². The molecule has 0 unspecified atom stereocenters. The summed E-state index contributed by atoms with van der Waals surface area (Å²) in [5, 5.41) is 0. The average molecular weight is 849 g/mol. The van der Waals surface area contributed by atoms with Crippen LogP contribution < -0.4 is 26.2 Å². The summed E-state index contributed by atoms with van der Waals surface area (Å²) in [5.41, 5.74) is 25.9. The molecule has 0 bridgehead atoms. The summed E-state index contributed by atoms with van der Waals surface area (Å²) >= 11 is 0. The van der Waals surface area contributed by atoms with Crippen molar-refractivity contribution in [3.8, 4) is 0 Å². The van der Waals surface area contributed by atoms with E-state index in [2.05, 4.69) is 214 Å². The fourth-order valence-corrected chi connectivity index (χ4v) is 14.0. The predicted molar refractivity (Wildman–Crippen MR) is 279 cm³/mol. The van der Waals surface area contributed by atoms with Gasteiger partial charge in [0.1, 0.15) is 0 Å².